The first kappa shape index (κ1) is 13.2. The van der Waals surface area contributed by atoms with Crippen LogP contribution < -0.4 is 0 Å². The molecule has 1 rings (SSSR count). The van der Waals surface area contributed by atoms with Crippen molar-refractivity contribution < 1.29 is 4.74 Å². The summed E-state index contributed by atoms with van der Waals surface area (Å²) in [7, 11) is 3.91. The average molecular weight is 221 g/mol. The molecule has 0 fully saturated rings. The number of methoxy groups -OCH3 is 1. The molecule has 0 saturated heterocycles. The number of rotatable bonds is 5. The van der Waals surface area contributed by atoms with Crippen molar-refractivity contribution in [3.05, 3.63) is 35.4 Å². The standard InChI is InChI=1S/C14H23NO/c1-11(2)15(4)10-14(16-5)13-8-6-12(3)7-9-13/h6-9,11,14H,10H2,1-5H3. The Labute approximate surface area is 99.2 Å². The fraction of sp³-hybridized carbons (Fsp3) is 0.571. The lowest BCUT2D eigenvalue weighted by Gasteiger charge is -2.26. The van der Waals surface area contributed by atoms with Gasteiger partial charge in [-0.05, 0) is 33.4 Å². The molecule has 0 heterocycles. The highest BCUT2D eigenvalue weighted by Crippen LogP contribution is 2.18. The van der Waals surface area contributed by atoms with Crippen molar-refractivity contribution in [2.24, 2.45) is 0 Å². The zero-order valence-electron chi connectivity index (χ0n) is 11.0. The van der Waals surface area contributed by atoms with E-state index in [2.05, 4.69) is 57.0 Å². The van der Waals surface area contributed by atoms with Crippen molar-refractivity contribution in [3.8, 4) is 0 Å². The Balaban J connectivity index is 2.70. The van der Waals surface area contributed by atoms with Crippen molar-refractivity contribution in [3.63, 3.8) is 0 Å². The van der Waals surface area contributed by atoms with Crippen molar-refractivity contribution in [1.29, 1.82) is 0 Å². The van der Waals surface area contributed by atoms with Gasteiger partial charge in [0.15, 0.2) is 0 Å². The molecule has 0 aliphatic heterocycles. The summed E-state index contributed by atoms with van der Waals surface area (Å²) in [6.45, 7) is 7.42. The van der Waals surface area contributed by atoms with E-state index in [-0.39, 0.29) is 6.10 Å². The monoisotopic (exact) mass is 221 g/mol. The van der Waals surface area contributed by atoms with Crippen LogP contribution >= 0.6 is 0 Å². The van der Waals surface area contributed by atoms with E-state index in [1.807, 2.05) is 0 Å². The second kappa shape index (κ2) is 6.02. The maximum absolute atomic E-state index is 5.56. The van der Waals surface area contributed by atoms with Crippen LogP contribution in [0.25, 0.3) is 0 Å². The van der Waals surface area contributed by atoms with Crippen LogP contribution in [0.3, 0.4) is 0 Å². The van der Waals surface area contributed by atoms with Crippen LogP contribution in [0.4, 0.5) is 0 Å². The van der Waals surface area contributed by atoms with Gasteiger partial charge in [0.25, 0.3) is 0 Å². The number of hydrogen-bond acceptors (Lipinski definition) is 2. The van der Waals surface area contributed by atoms with Crippen LogP contribution in [-0.4, -0.2) is 31.6 Å². The lowest BCUT2D eigenvalue weighted by molar-refractivity contribution is 0.0630. The first-order valence-electron chi connectivity index (χ1n) is 5.84. The third-order valence-corrected chi connectivity index (χ3v) is 3.07. The van der Waals surface area contributed by atoms with Crippen LogP contribution in [0, 0.1) is 6.92 Å². The maximum atomic E-state index is 5.56. The minimum atomic E-state index is 0.160. The number of aryl methyl sites for hydroxylation is 1. The van der Waals surface area contributed by atoms with Crippen LogP contribution in [0.1, 0.15) is 31.1 Å². The fourth-order valence-electron chi connectivity index (χ4n) is 1.57. The summed E-state index contributed by atoms with van der Waals surface area (Å²) in [5.41, 5.74) is 2.54. The van der Waals surface area contributed by atoms with Crippen LogP contribution in [0.2, 0.25) is 0 Å². The smallest absolute Gasteiger partial charge is 0.0947 e. The number of ether oxygens (including phenoxy) is 1. The first-order valence-corrected chi connectivity index (χ1v) is 5.84. The topological polar surface area (TPSA) is 12.5 Å². The van der Waals surface area contributed by atoms with Gasteiger partial charge in [0.1, 0.15) is 0 Å². The molecule has 0 aromatic heterocycles. The van der Waals surface area contributed by atoms with E-state index >= 15 is 0 Å². The van der Waals surface area contributed by atoms with Gasteiger partial charge in [-0.2, -0.15) is 0 Å². The number of likely N-dealkylation sites (N-methyl/N-ethyl adjacent to an activating group) is 1. The van der Waals surface area contributed by atoms with Crippen molar-refractivity contribution in [2.75, 3.05) is 20.7 Å². The third kappa shape index (κ3) is 3.62. The summed E-state index contributed by atoms with van der Waals surface area (Å²) >= 11 is 0. The first-order chi connectivity index (χ1) is 7.54. The molecular weight excluding hydrogens is 198 g/mol. The van der Waals surface area contributed by atoms with E-state index < -0.39 is 0 Å². The summed E-state index contributed by atoms with van der Waals surface area (Å²) < 4.78 is 5.56. The average Bonchev–Trinajstić information content (AvgIpc) is 2.26. The van der Waals surface area contributed by atoms with E-state index in [0.29, 0.717) is 6.04 Å². The van der Waals surface area contributed by atoms with Crippen molar-refractivity contribution in [2.45, 2.75) is 32.9 Å². The molecule has 2 nitrogen and oxygen atoms in total. The molecule has 1 atom stereocenters. The highest BCUT2D eigenvalue weighted by molar-refractivity contribution is 5.23. The van der Waals surface area contributed by atoms with Crippen LogP contribution in [0.15, 0.2) is 24.3 Å². The summed E-state index contributed by atoms with van der Waals surface area (Å²) in [4.78, 5) is 2.30. The van der Waals surface area contributed by atoms with E-state index in [1.165, 1.54) is 11.1 Å². The maximum Gasteiger partial charge on any atom is 0.0947 e. The van der Waals surface area contributed by atoms with Gasteiger partial charge in [0, 0.05) is 19.7 Å². The van der Waals surface area contributed by atoms with E-state index in [0.717, 1.165) is 6.54 Å². The summed E-state index contributed by atoms with van der Waals surface area (Å²) in [5, 5.41) is 0. The molecule has 1 aromatic rings. The minimum absolute atomic E-state index is 0.160. The van der Waals surface area contributed by atoms with Gasteiger partial charge in [-0.1, -0.05) is 29.8 Å². The molecule has 0 aliphatic carbocycles. The largest absolute Gasteiger partial charge is 0.375 e. The zero-order valence-corrected chi connectivity index (χ0v) is 11.0. The Hall–Kier alpha value is -0.860. The molecule has 0 N–H and O–H groups in total. The highest BCUT2D eigenvalue weighted by atomic mass is 16.5. The van der Waals surface area contributed by atoms with Gasteiger partial charge in [-0.3, -0.25) is 0 Å². The Morgan fingerprint density at radius 2 is 1.75 bits per heavy atom. The molecule has 0 amide bonds. The van der Waals surface area contributed by atoms with Crippen molar-refractivity contribution >= 4 is 0 Å². The second-order valence-electron chi connectivity index (χ2n) is 4.67. The lowest BCUT2D eigenvalue weighted by Crippen LogP contribution is -2.31. The SMILES string of the molecule is COC(CN(C)C(C)C)c1ccc(C)cc1. The van der Waals surface area contributed by atoms with Gasteiger partial charge >= 0.3 is 0 Å². The Morgan fingerprint density at radius 3 is 2.19 bits per heavy atom. The van der Waals surface area contributed by atoms with E-state index in [4.69, 9.17) is 4.74 Å². The number of nitrogens with zero attached hydrogens (tertiary/aromatic N) is 1. The molecule has 16 heavy (non-hydrogen) atoms. The predicted octanol–water partition coefficient (Wildman–Crippen LogP) is 3.02. The summed E-state index contributed by atoms with van der Waals surface area (Å²) in [6.07, 6.45) is 0.160. The minimum Gasteiger partial charge on any atom is -0.375 e. The molecule has 0 saturated carbocycles. The van der Waals surface area contributed by atoms with Gasteiger partial charge < -0.3 is 9.64 Å². The molecule has 2 heteroatoms. The van der Waals surface area contributed by atoms with Crippen molar-refractivity contribution in [1.82, 2.24) is 4.90 Å². The fourth-order valence-corrected chi connectivity index (χ4v) is 1.57. The predicted molar refractivity (Wildman–Crippen MR) is 68.7 cm³/mol. The van der Waals surface area contributed by atoms with Gasteiger partial charge in [0.05, 0.1) is 6.10 Å². The molecule has 0 aliphatic rings. The highest BCUT2D eigenvalue weighted by Gasteiger charge is 2.14. The van der Waals surface area contributed by atoms with E-state index in [9.17, 15) is 0 Å². The Morgan fingerprint density at radius 1 is 1.19 bits per heavy atom. The molecule has 0 radical (unpaired) electrons. The zero-order chi connectivity index (χ0) is 12.1. The van der Waals surface area contributed by atoms with E-state index in [1.54, 1.807) is 7.11 Å². The number of benzene rings is 1. The molecule has 0 bridgehead atoms. The summed E-state index contributed by atoms with van der Waals surface area (Å²) in [5.74, 6) is 0. The van der Waals surface area contributed by atoms with Gasteiger partial charge in [-0.15, -0.1) is 0 Å². The Bertz CT molecular complexity index is 305. The van der Waals surface area contributed by atoms with Gasteiger partial charge in [0.2, 0.25) is 0 Å². The molecular formula is C14H23NO. The summed E-state index contributed by atoms with van der Waals surface area (Å²) in [6, 6.07) is 9.12. The normalized spacial score (nSPS) is 13.4. The second-order valence-corrected chi connectivity index (χ2v) is 4.67. The molecule has 0 spiro atoms. The van der Waals surface area contributed by atoms with Crippen LogP contribution in [0.5, 0.6) is 0 Å². The number of hydrogen-bond donors (Lipinski definition) is 0. The third-order valence-electron chi connectivity index (χ3n) is 3.07. The molecule has 90 valence electrons. The lowest BCUT2D eigenvalue weighted by atomic mass is 10.1. The Kier molecular flexibility index (Phi) is 4.97. The van der Waals surface area contributed by atoms with Gasteiger partial charge in [-0.25, -0.2) is 0 Å². The molecule has 1 aromatic carbocycles. The van der Waals surface area contributed by atoms with Crippen LogP contribution in [-0.2, 0) is 4.74 Å². The quantitative estimate of drug-likeness (QED) is 0.758. The molecule has 1 unspecified atom stereocenters.